The van der Waals surface area contributed by atoms with Crippen molar-refractivity contribution in [3.05, 3.63) is 28.8 Å². The first kappa shape index (κ1) is 17.5. The van der Waals surface area contributed by atoms with Crippen LogP contribution in [0, 0.1) is 6.92 Å². The maximum atomic E-state index is 12.1. The summed E-state index contributed by atoms with van der Waals surface area (Å²) in [6.45, 7) is 4.51. The molecule has 2 heterocycles. The molecule has 1 aromatic carbocycles. The summed E-state index contributed by atoms with van der Waals surface area (Å²) < 4.78 is 6.01. The predicted octanol–water partition coefficient (Wildman–Crippen LogP) is 3.19. The highest BCUT2D eigenvalue weighted by molar-refractivity contribution is 8.01. The molecule has 1 aromatic heterocycles. The van der Waals surface area contributed by atoms with Gasteiger partial charge in [0.15, 0.2) is 4.34 Å². The number of hydrogen-bond acceptors (Lipinski definition) is 7. The Morgan fingerprint density at radius 1 is 1.42 bits per heavy atom. The van der Waals surface area contributed by atoms with E-state index >= 15 is 0 Å². The number of ether oxygens (including phenoxy) is 1. The number of amides is 1. The molecule has 24 heavy (non-hydrogen) atoms. The van der Waals surface area contributed by atoms with E-state index in [2.05, 4.69) is 15.5 Å². The molecular formula is C15H17ClN4O2S2. The average Bonchev–Trinajstić information content (AvgIpc) is 3.04. The van der Waals surface area contributed by atoms with Gasteiger partial charge in [0.2, 0.25) is 11.0 Å². The Morgan fingerprint density at radius 2 is 2.21 bits per heavy atom. The zero-order chi connectivity index (χ0) is 16.9. The van der Waals surface area contributed by atoms with E-state index < -0.39 is 0 Å². The summed E-state index contributed by atoms with van der Waals surface area (Å²) in [5.74, 6) is 0.476. The molecule has 0 radical (unpaired) electrons. The standard InChI is InChI=1S/C15H17ClN4O2S2/c1-10-2-3-11(8-12(10)16)17-14-18-19-15(24-14)23-9-13(21)20-4-6-22-7-5-20/h2-3,8H,4-7,9H2,1H3,(H,17,18). The Morgan fingerprint density at radius 3 is 2.96 bits per heavy atom. The largest absolute Gasteiger partial charge is 0.378 e. The number of rotatable bonds is 5. The minimum atomic E-state index is 0.110. The number of benzene rings is 1. The second-order valence-corrected chi connectivity index (χ2v) is 7.85. The van der Waals surface area contributed by atoms with E-state index in [-0.39, 0.29) is 5.91 Å². The van der Waals surface area contributed by atoms with Gasteiger partial charge in [-0.3, -0.25) is 4.79 Å². The van der Waals surface area contributed by atoms with Gasteiger partial charge in [-0.1, -0.05) is 40.8 Å². The van der Waals surface area contributed by atoms with Gasteiger partial charge in [-0.15, -0.1) is 10.2 Å². The Balaban J connectivity index is 1.53. The number of halogens is 1. The predicted molar refractivity (Wildman–Crippen MR) is 97.5 cm³/mol. The SMILES string of the molecule is Cc1ccc(Nc2nnc(SCC(=O)N3CCOCC3)s2)cc1Cl. The fraction of sp³-hybridized carbons (Fsp3) is 0.400. The van der Waals surface area contributed by atoms with Crippen LogP contribution >= 0.6 is 34.7 Å². The Kier molecular flexibility index (Phi) is 5.94. The molecule has 1 aliphatic heterocycles. The molecule has 1 saturated heterocycles. The lowest BCUT2D eigenvalue weighted by molar-refractivity contribution is -0.132. The van der Waals surface area contributed by atoms with E-state index in [1.165, 1.54) is 23.1 Å². The van der Waals surface area contributed by atoms with Crippen molar-refractivity contribution in [1.29, 1.82) is 0 Å². The summed E-state index contributed by atoms with van der Waals surface area (Å²) in [5, 5.41) is 12.8. The lowest BCUT2D eigenvalue weighted by Crippen LogP contribution is -2.41. The Labute approximate surface area is 153 Å². The first-order chi connectivity index (χ1) is 11.6. The molecule has 1 fully saturated rings. The number of aryl methyl sites for hydroxylation is 1. The number of nitrogens with zero attached hydrogens (tertiary/aromatic N) is 3. The van der Waals surface area contributed by atoms with Crippen LogP contribution < -0.4 is 5.32 Å². The number of anilines is 2. The molecule has 1 amide bonds. The number of carbonyl (C=O) groups excluding carboxylic acids is 1. The maximum Gasteiger partial charge on any atom is 0.233 e. The molecule has 9 heteroatoms. The third kappa shape index (κ3) is 4.60. The van der Waals surface area contributed by atoms with E-state index in [1.807, 2.05) is 30.0 Å². The van der Waals surface area contributed by atoms with Crippen LogP contribution in [0.1, 0.15) is 5.56 Å². The van der Waals surface area contributed by atoms with E-state index in [0.29, 0.717) is 42.2 Å². The number of nitrogens with one attached hydrogen (secondary N) is 1. The van der Waals surface area contributed by atoms with Gasteiger partial charge in [-0.25, -0.2) is 0 Å². The fourth-order valence-electron chi connectivity index (χ4n) is 2.14. The van der Waals surface area contributed by atoms with Gasteiger partial charge >= 0.3 is 0 Å². The van der Waals surface area contributed by atoms with Crippen molar-refractivity contribution in [1.82, 2.24) is 15.1 Å². The van der Waals surface area contributed by atoms with Gasteiger partial charge < -0.3 is 15.0 Å². The highest BCUT2D eigenvalue weighted by Gasteiger charge is 2.17. The van der Waals surface area contributed by atoms with Gasteiger partial charge in [0.1, 0.15) is 0 Å². The van der Waals surface area contributed by atoms with Gasteiger partial charge in [0.05, 0.1) is 19.0 Å². The fourth-order valence-corrected chi connectivity index (χ4v) is 4.00. The molecule has 128 valence electrons. The van der Waals surface area contributed by atoms with Crippen molar-refractivity contribution in [3.8, 4) is 0 Å². The van der Waals surface area contributed by atoms with Crippen molar-refractivity contribution in [3.63, 3.8) is 0 Å². The van der Waals surface area contributed by atoms with Gasteiger partial charge in [0, 0.05) is 23.8 Å². The molecule has 6 nitrogen and oxygen atoms in total. The molecule has 0 unspecified atom stereocenters. The van der Waals surface area contributed by atoms with E-state index in [4.69, 9.17) is 16.3 Å². The van der Waals surface area contributed by atoms with E-state index in [1.54, 1.807) is 0 Å². The number of morpholine rings is 1. The van der Waals surface area contributed by atoms with Crippen LogP contribution in [0.25, 0.3) is 0 Å². The lowest BCUT2D eigenvalue weighted by Gasteiger charge is -2.26. The van der Waals surface area contributed by atoms with Crippen molar-refractivity contribution in [2.75, 3.05) is 37.4 Å². The highest BCUT2D eigenvalue weighted by atomic mass is 35.5. The van der Waals surface area contributed by atoms with Crippen LogP contribution in [0.5, 0.6) is 0 Å². The summed E-state index contributed by atoms with van der Waals surface area (Å²) in [7, 11) is 0. The monoisotopic (exact) mass is 384 g/mol. The lowest BCUT2D eigenvalue weighted by atomic mass is 10.2. The molecular weight excluding hydrogens is 368 g/mol. The molecule has 0 spiro atoms. The molecule has 1 N–H and O–H groups in total. The number of thioether (sulfide) groups is 1. The van der Waals surface area contributed by atoms with Crippen LogP contribution in [0.4, 0.5) is 10.8 Å². The zero-order valence-electron chi connectivity index (χ0n) is 13.1. The molecule has 2 aromatic rings. The van der Waals surface area contributed by atoms with Crippen LogP contribution in [0.2, 0.25) is 5.02 Å². The summed E-state index contributed by atoms with van der Waals surface area (Å²) >= 11 is 8.94. The van der Waals surface area contributed by atoms with Crippen molar-refractivity contribution >= 4 is 51.4 Å². The van der Waals surface area contributed by atoms with Crippen LogP contribution in [-0.2, 0) is 9.53 Å². The first-order valence-electron chi connectivity index (χ1n) is 7.47. The minimum Gasteiger partial charge on any atom is -0.378 e. The van der Waals surface area contributed by atoms with E-state index in [9.17, 15) is 4.79 Å². The molecule has 0 saturated carbocycles. The second-order valence-electron chi connectivity index (χ2n) is 5.24. The quantitative estimate of drug-likeness (QED) is 0.798. The summed E-state index contributed by atoms with van der Waals surface area (Å²) in [5.41, 5.74) is 1.89. The third-order valence-electron chi connectivity index (χ3n) is 3.51. The van der Waals surface area contributed by atoms with Gasteiger partial charge in [-0.2, -0.15) is 0 Å². The van der Waals surface area contributed by atoms with Crippen LogP contribution in [-0.4, -0.2) is 53.1 Å². The number of carbonyl (C=O) groups is 1. The maximum absolute atomic E-state index is 12.1. The van der Waals surface area contributed by atoms with Gasteiger partial charge in [0.25, 0.3) is 0 Å². The molecule has 0 aliphatic carbocycles. The topological polar surface area (TPSA) is 67.4 Å². The molecule has 3 rings (SSSR count). The average molecular weight is 385 g/mol. The van der Waals surface area contributed by atoms with Crippen LogP contribution in [0.3, 0.4) is 0 Å². The number of aromatic nitrogens is 2. The van der Waals surface area contributed by atoms with Gasteiger partial charge in [-0.05, 0) is 24.6 Å². The first-order valence-corrected chi connectivity index (χ1v) is 9.65. The van der Waals surface area contributed by atoms with Crippen molar-refractivity contribution < 1.29 is 9.53 Å². The van der Waals surface area contributed by atoms with Crippen molar-refractivity contribution in [2.24, 2.45) is 0 Å². The second kappa shape index (κ2) is 8.15. The molecule has 1 aliphatic rings. The Hall–Kier alpha value is -1.35. The third-order valence-corrected chi connectivity index (χ3v) is 5.88. The van der Waals surface area contributed by atoms with Crippen LogP contribution in [0.15, 0.2) is 22.5 Å². The van der Waals surface area contributed by atoms with Crippen molar-refractivity contribution in [2.45, 2.75) is 11.3 Å². The molecule has 0 bridgehead atoms. The van der Waals surface area contributed by atoms with E-state index in [0.717, 1.165) is 15.6 Å². The summed E-state index contributed by atoms with van der Waals surface area (Å²) in [4.78, 5) is 13.9. The summed E-state index contributed by atoms with van der Waals surface area (Å²) in [6, 6.07) is 5.74. The minimum absolute atomic E-state index is 0.110. The zero-order valence-corrected chi connectivity index (χ0v) is 15.5. The number of hydrogen-bond donors (Lipinski definition) is 1. The normalized spacial score (nSPS) is 14.7. The smallest absolute Gasteiger partial charge is 0.233 e. The Bertz CT molecular complexity index is 719. The highest BCUT2D eigenvalue weighted by Crippen LogP contribution is 2.29. The summed E-state index contributed by atoms with van der Waals surface area (Å²) in [6.07, 6.45) is 0. The molecule has 0 atom stereocenters.